The van der Waals surface area contributed by atoms with Gasteiger partial charge in [0.2, 0.25) is 6.33 Å². The summed E-state index contributed by atoms with van der Waals surface area (Å²) in [4.78, 5) is 11.7. The average Bonchev–Trinajstić information content (AvgIpc) is 2.92. The van der Waals surface area contributed by atoms with Gasteiger partial charge in [-0.2, -0.15) is 0 Å². The van der Waals surface area contributed by atoms with Gasteiger partial charge in [0, 0.05) is 0 Å². The third-order valence-electron chi connectivity index (χ3n) is 4.12. The van der Waals surface area contributed by atoms with E-state index in [1.165, 1.54) is 25.7 Å². The van der Waals surface area contributed by atoms with Gasteiger partial charge < -0.3 is 17.3 Å². The first kappa shape index (κ1) is 19.7. The van der Waals surface area contributed by atoms with Crippen molar-refractivity contribution >= 4 is 13.0 Å². The number of ketones is 1. The zero-order chi connectivity index (χ0) is 17.5. The Labute approximate surface area is 134 Å². The third kappa shape index (κ3) is 7.66. The number of hydrogen-bond acceptors (Lipinski definition) is 1. The summed E-state index contributed by atoms with van der Waals surface area (Å²) in [5, 5.41) is 0. The number of aryl methyl sites for hydroxylation is 1. The van der Waals surface area contributed by atoms with E-state index in [0.717, 1.165) is 19.4 Å². The Balaban J connectivity index is 0.000000463. The van der Waals surface area contributed by atoms with E-state index in [9.17, 15) is 22.1 Å². The highest BCUT2D eigenvalue weighted by atomic mass is 19.5. The van der Waals surface area contributed by atoms with Crippen LogP contribution in [-0.2, 0) is 11.3 Å². The molecule has 2 rings (SSSR count). The maximum atomic E-state index is 11.7. The monoisotopic (exact) mass is 336 g/mol. The fourth-order valence-corrected chi connectivity index (χ4v) is 3.02. The number of aromatic nitrogens is 2. The Kier molecular flexibility index (Phi) is 7.78. The van der Waals surface area contributed by atoms with Crippen molar-refractivity contribution in [1.82, 2.24) is 4.57 Å². The highest BCUT2D eigenvalue weighted by Crippen LogP contribution is 2.30. The molecule has 1 aromatic rings. The van der Waals surface area contributed by atoms with Crippen molar-refractivity contribution in [3.63, 3.8) is 0 Å². The molecule has 1 heterocycles. The van der Waals surface area contributed by atoms with Crippen molar-refractivity contribution in [1.29, 1.82) is 0 Å². The van der Waals surface area contributed by atoms with E-state index in [4.69, 9.17) is 0 Å². The molecule has 1 aliphatic rings. The number of carbonyl (C=O) groups excluding carboxylic acids is 1. The molecule has 0 saturated heterocycles. The van der Waals surface area contributed by atoms with Crippen molar-refractivity contribution in [2.24, 2.45) is 5.92 Å². The summed E-state index contributed by atoms with van der Waals surface area (Å²) >= 11 is 0. The highest BCUT2D eigenvalue weighted by molar-refractivity contribution is 6.50. The molecule has 0 aromatic carbocycles. The first-order chi connectivity index (χ1) is 10.7. The number of Topliss-reactive ketones (excluding diaryl/α,β-unsaturated/α-hetero) is 1. The van der Waals surface area contributed by atoms with Crippen LogP contribution in [0, 0.1) is 5.92 Å². The quantitative estimate of drug-likeness (QED) is 0.450. The summed E-state index contributed by atoms with van der Waals surface area (Å²) in [6.45, 7) is 5.04. The molecule has 3 nitrogen and oxygen atoms in total. The fourth-order valence-electron chi connectivity index (χ4n) is 3.02. The molecule has 1 saturated carbocycles. The van der Waals surface area contributed by atoms with Gasteiger partial charge in [-0.3, -0.25) is 4.79 Å². The normalized spacial score (nSPS) is 21.5. The Morgan fingerprint density at radius 2 is 1.87 bits per heavy atom. The molecule has 0 unspecified atom stereocenters. The SMILES string of the molecule is CCCCn1cc[n+]([C@H]2CCCC[C@@H]2C(C)=O)c1.F[B-](F)(F)F. The number of halogens is 4. The highest BCUT2D eigenvalue weighted by Gasteiger charge is 2.33. The van der Waals surface area contributed by atoms with E-state index in [1.54, 1.807) is 6.92 Å². The number of carbonyl (C=O) groups is 1. The van der Waals surface area contributed by atoms with Gasteiger partial charge >= 0.3 is 7.25 Å². The molecule has 0 radical (unpaired) electrons. The summed E-state index contributed by atoms with van der Waals surface area (Å²) in [7, 11) is -6.00. The Hall–Kier alpha value is -1.34. The Morgan fingerprint density at radius 1 is 1.26 bits per heavy atom. The third-order valence-corrected chi connectivity index (χ3v) is 4.12. The van der Waals surface area contributed by atoms with Crippen molar-refractivity contribution in [2.45, 2.75) is 65.0 Å². The molecule has 1 fully saturated rings. The topological polar surface area (TPSA) is 25.9 Å². The number of unbranched alkanes of at least 4 members (excludes halogenated alkanes) is 1. The van der Waals surface area contributed by atoms with Crippen LogP contribution in [0.15, 0.2) is 18.7 Å². The lowest BCUT2D eigenvalue weighted by Crippen LogP contribution is -2.45. The maximum absolute atomic E-state index is 11.7. The predicted molar refractivity (Wildman–Crippen MR) is 81.4 cm³/mol. The van der Waals surface area contributed by atoms with E-state index in [2.05, 4.69) is 34.8 Å². The van der Waals surface area contributed by atoms with Crippen LogP contribution >= 0.6 is 0 Å². The van der Waals surface area contributed by atoms with E-state index < -0.39 is 7.25 Å². The van der Waals surface area contributed by atoms with Crippen LogP contribution in [-0.4, -0.2) is 17.6 Å². The molecule has 0 amide bonds. The van der Waals surface area contributed by atoms with E-state index in [0.29, 0.717) is 11.8 Å². The second-order valence-corrected chi connectivity index (χ2v) is 6.02. The van der Waals surface area contributed by atoms with Crippen molar-refractivity contribution in [3.05, 3.63) is 18.7 Å². The van der Waals surface area contributed by atoms with Crippen LogP contribution in [0.1, 0.15) is 58.4 Å². The van der Waals surface area contributed by atoms with Gasteiger partial charge in [0.15, 0.2) is 0 Å². The van der Waals surface area contributed by atoms with Crippen molar-refractivity contribution < 1.29 is 26.6 Å². The van der Waals surface area contributed by atoms with E-state index in [-0.39, 0.29) is 5.92 Å². The minimum atomic E-state index is -6.00. The summed E-state index contributed by atoms with van der Waals surface area (Å²) < 4.78 is 43.5. The number of hydrogen-bond donors (Lipinski definition) is 0. The van der Waals surface area contributed by atoms with Crippen molar-refractivity contribution in [2.75, 3.05) is 0 Å². The van der Waals surface area contributed by atoms with Crippen LogP contribution in [0.25, 0.3) is 0 Å². The summed E-state index contributed by atoms with van der Waals surface area (Å²) in [6.07, 6.45) is 13.6. The van der Waals surface area contributed by atoms with Crippen LogP contribution in [0.4, 0.5) is 17.3 Å². The lowest BCUT2D eigenvalue weighted by atomic mass is 9.82. The lowest BCUT2D eigenvalue weighted by Gasteiger charge is -2.26. The molecule has 2 atom stereocenters. The van der Waals surface area contributed by atoms with Gasteiger partial charge in [0.05, 0.1) is 12.5 Å². The zero-order valence-corrected chi connectivity index (χ0v) is 13.7. The molecule has 1 aromatic heterocycles. The van der Waals surface area contributed by atoms with Crippen LogP contribution in [0.5, 0.6) is 0 Å². The van der Waals surface area contributed by atoms with Gasteiger partial charge in [-0.1, -0.05) is 19.8 Å². The average molecular weight is 336 g/mol. The van der Waals surface area contributed by atoms with Gasteiger partial charge in [0.1, 0.15) is 24.2 Å². The number of imidazole rings is 1. The fraction of sp³-hybridized carbons (Fsp3) is 0.733. The van der Waals surface area contributed by atoms with Crippen LogP contribution in [0.3, 0.4) is 0 Å². The standard InChI is InChI=1S/C15H25N2O.BF4/c1-3-4-9-16-10-11-17(12-16)15-8-6-5-7-14(15)13(2)18;2-1(3,4)5/h10-12,14-15H,3-9H2,1-2H3;/q+1;-1/t14-,15+;/m1./s1. The van der Waals surface area contributed by atoms with Gasteiger partial charge in [0.25, 0.3) is 0 Å². The second-order valence-electron chi connectivity index (χ2n) is 6.02. The first-order valence-electron chi connectivity index (χ1n) is 8.16. The largest absolute Gasteiger partial charge is 0.673 e. The minimum absolute atomic E-state index is 0.228. The molecule has 23 heavy (non-hydrogen) atoms. The zero-order valence-electron chi connectivity index (χ0n) is 13.7. The molecule has 0 spiro atoms. The molecule has 0 aliphatic heterocycles. The second kappa shape index (κ2) is 9.08. The van der Waals surface area contributed by atoms with E-state index in [1.807, 2.05) is 0 Å². The minimum Gasteiger partial charge on any atom is -0.418 e. The lowest BCUT2D eigenvalue weighted by molar-refractivity contribution is -0.729. The summed E-state index contributed by atoms with van der Waals surface area (Å²) in [5.41, 5.74) is 0. The number of rotatable bonds is 5. The molecule has 0 bridgehead atoms. The van der Waals surface area contributed by atoms with E-state index >= 15 is 0 Å². The number of nitrogens with zero attached hydrogens (tertiary/aromatic N) is 2. The molecule has 0 N–H and O–H groups in total. The Morgan fingerprint density at radius 3 is 2.43 bits per heavy atom. The maximum Gasteiger partial charge on any atom is 0.673 e. The smallest absolute Gasteiger partial charge is 0.418 e. The van der Waals surface area contributed by atoms with Crippen LogP contribution < -0.4 is 4.57 Å². The molecule has 1 aliphatic carbocycles. The van der Waals surface area contributed by atoms with Gasteiger partial charge in [-0.15, -0.1) is 0 Å². The summed E-state index contributed by atoms with van der Waals surface area (Å²) in [5.74, 6) is 0.583. The predicted octanol–water partition coefficient (Wildman–Crippen LogP) is 4.20. The summed E-state index contributed by atoms with van der Waals surface area (Å²) in [6, 6.07) is 0.388. The molecular weight excluding hydrogens is 311 g/mol. The van der Waals surface area contributed by atoms with Crippen molar-refractivity contribution in [3.8, 4) is 0 Å². The van der Waals surface area contributed by atoms with Crippen LogP contribution in [0.2, 0.25) is 0 Å². The van der Waals surface area contributed by atoms with Gasteiger partial charge in [-0.05, 0) is 32.6 Å². The Bertz CT molecular complexity index is 484. The molecular formula is C15H25BF4N2O. The molecule has 8 heteroatoms. The molecule has 132 valence electrons. The first-order valence-corrected chi connectivity index (χ1v) is 8.16. The van der Waals surface area contributed by atoms with Gasteiger partial charge in [-0.25, -0.2) is 9.13 Å².